The average Bonchev–Trinajstić information content (AvgIpc) is 3.22. The van der Waals surface area contributed by atoms with Gasteiger partial charge in [-0.15, -0.1) is 11.3 Å². The summed E-state index contributed by atoms with van der Waals surface area (Å²) in [6.07, 6.45) is 5.14. The van der Waals surface area contributed by atoms with E-state index < -0.39 is 0 Å². The molecule has 0 aliphatic carbocycles. The number of nitrogens with one attached hydrogen (secondary N) is 2. The standard InChI is InChI=1S/C16H19N5OS/c1-2-21-10-11(8-19-21)16-14(5-6-15(22)20-16)18-9-13-4-3-12(7-17)23-13/h3-4,8,10,14,16,18H,2,5-6,9H2,1H3,(H,20,22)/t14-,16+/m1/s1. The average molecular weight is 329 g/mol. The Labute approximate surface area is 139 Å². The minimum atomic E-state index is -0.0630. The highest BCUT2D eigenvalue weighted by atomic mass is 32.1. The Balaban J connectivity index is 1.70. The molecule has 120 valence electrons. The molecular formula is C16H19N5OS. The Morgan fingerprint density at radius 2 is 2.43 bits per heavy atom. The highest BCUT2D eigenvalue weighted by Gasteiger charge is 2.30. The molecule has 0 radical (unpaired) electrons. The van der Waals surface area contributed by atoms with E-state index in [9.17, 15) is 4.79 Å². The van der Waals surface area contributed by atoms with Crippen molar-refractivity contribution in [2.45, 2.75) is 44.9 Å². The highest BCUT2D eigenvalue weighted by Crippen LogP contribution is 2.25. The summed E-state index contributed by atoms with van der Waals surface area (Å²) in [5.41, 5.74) is 1.03. The molecule has 1 fully saturated rings. The van der Waals surface area contributed by atoms with Gasteiger partial charge in [-0.25, -0.2) is 0 Å². The first-order valence-corrected chi connectivity index (χ1v) is 8.55. The lowest BCUT2D eigenvalue weighted by atomic mass is 9.93. The van der Waals surface area contributed by atoms with Crippen LogP contribution in [-0.4, -0.2) is 21.7 Å². The van der Waals surface area contributed by atoms with Crippen molar-refractivity contribution in [3.8, 4) is 6.07 Å². The van der Waals surface area contributed by atoms with Gasteiger partial charge in [-0.1, -0.05) is 0 Å². The predicted octanol–water partition coefficient (Wildman–Crippen LogP) is 1.95. The van der Waals surface area contributed by atoms with E-state index in [4.69, 9.17) is 5.26 Å². The van der Waals surface area contributed by atoms with Crippen molar-refractivity contribution >= 4 is 17.2 Å². The third-order valence-electron chi connectivity index (χ3n) is 4.05. The van der Waals surface area contributed by atoms with Crippen LogP contribution in [0.25, 0.3) is 0 Å². The molecule has 2 aromatic rings. The summed E-state index contributed by atoms with van der Waals surface area (Å²) in [5, 5.41) is 19.8. The van der Waals surface area contributed by atoms with E-state index in [-0.39, 0.29) is 18.0 Å². The number of amides is 1. The van der Waals surface area contributed by atoms with Crippen LogP contribution in [0, 0.1) is 11.3 Å². The lowest BCUT2D eigenvalue weighted by Gasteiger charge is -2.32. The molecule has 0 spiro atoms. The zero-order chi connectivity index (χ0) is 16.2. The molecule has 3 rings (SSSR count). The first kappa shape index (κ1) is 15.7. The number of nitrogens with zero attached hydrogens (tertiary/aromatic N) is 3. The van der Waals surface area contributed by atoms with Crippen molar-refractivity contribution < 1.29 is 4.79 Å². The molecule has 2 atom stereocenters. The van der Waals surface area contributed by atoms with Crippen LogP contribution in [-0.2, 0) is 17.9 Å². The molecule has 1 aliphatic heterocycles. The van der Waals surface area contributed by atoms with E-state index in [2.05, 4.69) is 21.8 Å². The molecule has 1 amide bonds. The van der Waals surface area contributed by atoms with Crippen molar-refractivity contribution in [2.75, 3.05) is 0 Å². The third-order valence-corrected chi connectivity index (χ3v) is 5.04. The second kappa shape index (κ2) is 6.94. The predicted molar refractivity (Wildman–Crippen MR) is 87.7 cm³/mol. The maximum atomic E-state index is 11.8. The molecule has 7 heteroatoms. The second-order valence-electron chi connectivity index (χ2n) is 5.58. The van der Waals surface area contributed by atoms with E-state index in [0.29, 0.717) is 13.0 Å². The number of thiophene rings is 1. The van der Waals surface area contributed by atoms with Gasteiger partial charge in [-0.05, 0) is 25.5 Å². The van der Waals surface area contributed by atoms with Gasteiger partial charge in [0.2, 0.25) is 5.91 Å². The number of hydrogen-bond donors (Lipinski definition) is 2. The number of carbonyl (C=O) groups excluding carboxylic acids is 1. The third kappa shape index (κ3) is 3.60. The van der Waals surface area contributed by atoms with Gasteiger partial charge >= 0.3 is 0 Å². The molecule has 0 unspecified atom stereocenters. The second-order valence-corrected chi connectivity index (χ2v) is 6.75. The smallest absolute Gasteiger partial charge is 0.220 e. The molecule has 3 heterocycles. The quantitative estimate of drug-likeness (QED) is 0.878. The summed E-state index contributed by atoms with van der Waals surface area (Å²) in [5.74, 6) is 0.0835. The van der Waals surface area contributed by atoms with Crippen LogP contribution in [0.15, 0.2) is 24.5 Å². The fourth-order valence-electron chi connectivity index (χ4n) is 2.81. The molecule has 1 aliphatic rings. The molecule has 0 aromatic carbocycles. The van der Waals surface area contributed by atoms with E-state index in [0.717, 1.165) is 28.3 Å². The fraction of sp³-hybridized carbons (Fsp3) is 0.438. The summed E-state index contributed by atoms with van der Waals surface area (Å²) in [7, 11) is 0. The van der Waals surface area contributed by atoms with E-state index >= 15 is 0 Å². The monoisotopic (exact) mass is 329 g/mol. The van der Waals surface area contributed by atoms with Gasteiger partial charge in [0.05, 0.1) is 12.2 Å². The van der Waals surface area contributed by atoms with Crippen molar-refractivity contribution in [3.05, 3.63) is 39.8 Å². The zero-order valence-corrected chi connectivity index (χ0v) is 13.8. The Morgan fingerprint density at radius 1 is 1.57 bits per heavy atom. The van der Waals surface area contributed by atoms with E-state index in [1.807, 2.05) is 36.1 Å². The molecule has 2 aromatic heterocycles. The Hall–Kier alpha value is -2.17. The molecule has 0 saturated carbocycles. The molecule has 6 nitrogen and oxygen atoms in total. The number of rotatable bonds is 5. The van der Waals surface area contributed by atoms with Crippen molar-refractivity contribution in [2.24, 2.45) is 0 Å². The molecular weight excluding hydrogens is 310 g/mol. The molecule has 2 N–H and O–H groups in total. The molecule has 23 heavy (non-hydrogen) atoms. The number of aromatic nitrogens is 2. The Bertz CT molecular complexity index is 729. The fourth-order valence-corrected chi connectivity index (χ4v) is 3.57. The lowest BCUT2D eigenvalue weighted by molar-refractivity contribution is -0.123. The van der Waals surface area contributed by atoms with E-state index in [1.165, 1.54) is 11.3 Å². The van der Waals surface area contributed by atoms with Crippen molar-refractivity contribution in [1.82, 2.24) is 20.4 Å². The number of aryl methyl sites for hydroxylation is 1. The first-order valence-electron chi connectivity index (χ1n) is 7.73. The van der Waals surface area contributed by atoms with Gasteiger partial charge in [-0.3, -0.25) is 9.48 Å². The molecule has 0 bridgehead atoms. The van der Waals surface area contributed by atoms with Crippen LogP contribution >= 0.6 is 11.3 Å². The van der Waals surface area contributed by atoms with Crippen molar-refractivity contribution in [1.29, 1.82) is 5.26 Å². The summed E-state index contributed by atoms with van der Waals surface area (Å²) in [4.78, 5) is 13.6. The van der Waals surface area contributed by atoms with Crippen LogP contribution in [0.5, 0.6) is 0 Å². The first-order chi connectivity index (χ1) is 11.2. The maximum Gasteiger partial charge on any atom is 0.220 e. The maximum absolute atomic E-state index is 11.8. The van der Waals surface area contributed by atoms with Gasteiger partial charge in [-0.2, -0.15) is 10.4 Å². The lowest BCUT2D eigenvalue weighted by Crippen LogP contribution is -2.48. The van der Waals surface area contributed by atoms with Crippen LogP contribution in [0.2, 0.25) is 0 Å². The minimum Gasteiger partial charge on any atom is -0.348 e. The number of piperidine rings is 1. The summed E-state index contributed by atoms with van der Waals surface area (Å²) >= 11 is 1.50. The largest absolute Gasteiger partial charge is 0.348 e. The van der Waals surface area contributed by atoms with Crippen LogP contribution in [0.3, 0.4) is 0 Å². The van der Waals surface area contributed by atoms with Gasteiger partial charge in [0.15, 0.2) is 0 Å². The highest BCUT2D eigenvalue weighted by molar-refractivity contribution is 7.12. The van der Waals surface area contributed by atoms with Crippen LogP contribution < -0.4 is 10.6 Å². The topological polar surface area (TPSA) is 82.7 Å². The number of carbonyl (C=O) groups is 1. The van der Waals surface area contributed by atoms with Gasteiger partial charge < -0.3 is 10.6 Å². The minimum absolute atomic E-state index is 0.0630. The SMILES string of the molecule is CCn1cc([C@@H]2NC(=O)CC[C@H]2NCc2ccc(C#N)s2)cn1. The summed E-state index contributed by atoms with van der Waals surface area (Å²) < 4.78 is 1.87. The van der Waals surface area contributed by atoms with Gasteiger partial charge in [0.1, 0.15) is 10.9 Å². The normalized spacial score (nSPS) is 21.0. The number of nitriles is 1. The van der Waals surface area contributed by atoms with Crippen molar-refractivity contribution in [3.63, 3.8) is 0 Å². The van der Waals surface area contributed by atoms with Crippen LogP contribution in [0.1, 0.15) is 41.1 Å². The Kier molecular flexibility index (Phi) is 4.74. The summed E-state index contributed by atoms with van der Waals surface area (Å²) in [6.45, 7) is 3.55. The zero-order valence-electron chi connectivity index (χ0n) is 13.0. The van der Waals surface area contributed by atoms with Gasteiger partial charge in [0.25, 0.3) is 0 Å². The Morgan fingerprint density at radius 3 is 3.13 bits per heavy atom. The molecule has 1 saturated heterocycles. The van der Waals surface area contributed by atoms with Gasteiger partial charge in [0, 0.05) is 42.2 Å². The van der Waals surface area contributed by atoms with Crippen LogP contribution in [0.4, 0.5) is 0 Å². The summed E-state index contributed by atoms with van der Waals surface area (Å²) in [6, 6.07) is 6.07. The number of hydrogen-bond acceptors (Lipinski definition) is 5. The van der Waals surface area contributed by atoms with E-state index in [1.54, 1.807) is 0 Å².